The molecular formula is C10H19NO2. The molecule has 13 heavy (non-hydrogen) atoms. The van der Waals surface area contributed by atoms with E-state index in [-0.39, 0.29) is 5.91 Å². The Bertz CT molecular complexity index is 162. The molecule has 0 N–H and O–H groups in total. The monoisotopic (exact) mass is 185 g/mol. The summed E-state index contributed by atoms with van der Waals surface area (Å²) in [7, 11) is 0. The van der Waals surface area contributed by atoms with Crippen LogP contribution in [-0.2, 0) is 9.53 Å². The van der Waals surface area contributed by atoms with Gasteiger partial charge in [-0.05, 0) is 25.7 Å². The Morgan fingerprint density at radius 1 is 1.46 bits per heavy atom. The van der Waals surface area contributed by atoms with Crippen LogP contribution in [-0.4, -0.2) is 37.1 Å². The van der Waals surface area contributed by atoms with Gasteiger partial charge in [0.25, 0.3) is 0 Å². The number of amides is 1. The second-order valence-corrected chi connectivity index (χ2v) is 3.61. The molecule has 0 radical (unpaired) electrons. The third-order valence-corrected chi connectivity index (χ3v) is 2.62. The predicted molar refractivity (Wildman–Crippen MR) is 51.5 cm³/mol. The van der Waals surface area contributed by atoms with Crippen LogP contribution in [0.2, 0.25) is 0 Å². The van der Waals surface area contributed by atoms with E-state index in [2.05, 4.69) is 0 Å². The molecular weight excluding hydrogens is 166 g/mol. The van der Waals surface area contributed by atoms with E-state index in [1.165, 1.54) is 0 Å². The molecule has 1 rings (SSSR count). The van der Waals surface area contributed by atoms with Crippen molar-refractivity contribution in [2.24, 2.45) is 5.92 Å². The second kappa shape index (κ2) is 5.22. The maximum Gasteiger partial charge on any atom is 0.219 e. The van der Waals surface area contributed by atoms with Gasteiger partial charge in [0, 0.05) is 33.2 Å². The van der Waals surface area contributed by atoms with Crippen molar-refractivity contribution in [3.63, 3.8) is 0 Å². The van der Waals surface area contributed by atoms with Crippen molar-refractivity contribution in [1.82, 2.24) is 4.90 Å². The van der Waals surface area contributed by atoms with Crippen molar-refractivity contribution in [3.05, 3.63) is 0 Å². The third-order valence-electron chi connectivity index (χ3n) is 2.62. The molecule has 3 heteroatoms. The summed E-state index contributed by atoms with van der Waals surface area (Å²) in [6, 6.07) is 0. The van der Waals surface area contributed by atoms with Crippen LogP contribution < -0.4 is 0 Å². The van der Waals surface area contributed by atoms with Gasteiger partial charge >= 0.3 is 0 Å². The molecule has 1 fully saturated rings. The smallest absolute Gasteiger partial charge is 0.219 e. The summed E-state index contributed by atoms with van der Waals surface area (Å²) in [5.74, 6) is 0.866. The molecule has 1 heterocycles. The summed E-state index contributed by atoms with van der Waals surface area (Å²) >= 11 is 0. The average molecular weight is 185 g/mol. The molecule has 1 aliphatic rings. The number of carbonyl (C=O) groups is 1. The van der Waals surface area contributed by atoms with Crippen molar-refractivity contribution in [2.45, 2.75) is 26.7 Å². The number of carbonyl (C=O) groups excluding carboxylic acids is 1. The zero-order valence-electron chi connectivity index (χ0n) is 8.58. The highest BCUT2D eigenvalue weighted by Crippen LogP contribution is 2.17. The second-order valence-electron chi connectivity index (χ2n) is 3.61. The van der Waals surface area contributed by atoms with Crippen molar-refractivity contribution < 1.29 is 9.53 Å². The number of rotatable bonds is 3. The first-order valence-corrected chi connectivity index (χ1v) is 5.07. The predicted octanol–water partition coefficient (Wildman–Crippen LogP) is 1.28. The highest BCUT2D eigenvalue weighted by atomic mass is 16.5. The Hall–Kier alpha value is -0.570. The van der Waals surface area contributed by atoms with E-state index < -0.39 is 0 Å². The molecule has 1 aliphatic heterocycles. The molecule has 1 amide bonds. The number of hydrogen-bond donors (Lipinski definition) is 0. The van der Waals surface area contributed by atoms with Crippen molar-refractivity contribution in [3.8, 4) is 0 Å². The first-order chi connectivity index (χ1) is 6.24. The summed E-state index contributed by atoms with van der Waals surface area (Å²) in [5, 5.41) is 0. The Morgan fingerprint density at radius 3 is 2.54 bits per heavy atom. The minimum absolute atomic E-state index is 0.204. The Kier molecular flexibility index (Phi) is 4.22. The van der Waals surface area contributed by atoms with Gasteiger partial charge in [-0.15, -0.1) is 0 Å². The molecule has 1 saturated heterocycles. The lowest BCUT2D eigenvalue weighted by Gasteiger charge is -2.30. The maximum absolute atomic E-state index is 11.0. The molecule has 0 aliphatic carbocycles. The topological polar surface area (TPSA) is 29.5 Å². The fourth-order valence-electron chi connectivity index (χ4n) is 1.70. The van der Waals surface area contributed by atoms with Crippen LogP contribution in [0.3, 0.4) is 0 Å². The van der Waals surface area contributed by atoms with Crippen molar-refractivity contribution in [1.29, 1.82) is 0 Å². The largest absolute Gasteiger partial charge is 0.381 e. The fraction of sp³-hybridized carbons (Fsp3) is 0.900. The minimum atomic E-state index is 0.204. The van der Waals surface area contributed by atoms with E-state index >= 15 is 0 Å². The van der Waals surface area contributed by atoms with Gasteiger partial charge in [-0.3, -0.25) is 4.79 Å². The van der Waals surface area contributed by atoms with Gasteiger partial charge in [-0.1, -0.05) is 0 Å². The Balaban J connectivity index is 2.18. The van der Waals surface area contributed by atoms with E-state index in [1.807, 2.05) is 11.8 Å². The zero-order chi connectivity index (χ0) is 9.68. The van der Waals surface area contributed by atoms with Crippen LogP contribution in [0.1, 0.15) is 26.7 Å². The molecule has 76 valence electrons. The van der Waals surface area contributed by atoms with E-state index in [0.717, 1.165) is 39.1 Å². The van der Waals surface area contributed by atoms with Gasteiger partial charge in [-0.25, -0.2) is 0 Å². The van der Waals surface area contributed by atoms with E-state index in [1.54, 1.807) is 6.92 Å². The van der Waals surface area contributed by atoms with Crippen molar-refractivity contribution in [2.75, 3.05) is 26.3 Å². The van der Waals surface area contributed by atoms with Crippen LogP contribution >= 0.6 is 0 Å². The van der Waals surface area contributed by atoms with Gasteiger partial charge in [0.15, 0.2) is 0 Å². The van der Waals surface area contributed by atoms with Gasteiger partial charge < -0.3 is 9.64 Å². The average Bonchev–Trinajstić information content (AvgIpc) is 2.15. The van der Waals surface area contributed by atoms with Crippen LogP contribution in [0.25, 0.3) is 0 Å². The number of nitrogens with zero attached hydrogens (tertiary/aromatic N) is 1. The number of piperidine rings is 1. The van der Waals surface area contributed by atoms with Crippen LogP contribution in [0.15, 0.2) is 0 Å². The first kappa shape index (κ1) is 10.5. The summed E-state index contributed by atoms with van der Waals surface area (Å²) in [5.41, 5.74) is 0. The lowest BCUT2D eigenvalue weighted by Crippen LogP contribution is -2.38. The highest BCUT2D eigenvalue weighted by molar-refractivity contribution is 5.73. The quantitative estimate of drug-likeness (QED) is 0.663. The minimum Gasteiger partial charge on any atom is -0.381 e. The van der Waals surface area contributed by atoms with Gasteiger partial charge in [0.1, 0.15) is 0 Å². The molecule has 0 aromatic carbocycles. The SMILES string of the molecule is CCOCC1CCN(C(C)=O)CC1. The van der Waals surface area contributed by atoms with E-state index in [9.17, 15) is 4.79 Å². The standard InChI is InChI=1S/C10H19NO2/c1-3-13-8-10-4-6-11(7-5-10)9(2)12/h10H,3-8H2,1-2H3. The third kappa shape index (κ3) is 3.35. The van der Waals surface area contributed by atoms with E-state index in [0.29, 0.717) is 5.92 Å². The van der Waals surface area contributed by atoms with Crippen LogP contribution in [0, 0.1) is 5.92 Å². The fourth-order valence-corrected chi connectivity index (χ4v) is 1.70. The van der Waals surface area contributed by atoms with Crippen molar-refractivity contribution >= 4 is 5.91 Å². The Labute approximate surface area is 80.1 Å². The molecule has 0 atom stereocenters. The number of likely N-dealkylation sites (tertiary alicyclic amines) is 1. The summed E-state index contributed by atoms with van der Waals surface area (Å²) in [6.07, 6.45) is 2.19. The molecule has 0 aromatic rings. The summed E-state index contributed by atoms with van der Waals surface area (Å²) in [4.78, 5) is 12.9. The number of hydrogen-bond acceptors (Lipinski definition) is 2. The van der Waals surface area contributed by atoms with E-state index in [4.69, 9.17) is 4.74 Å². The summed E-state index contributed by atoms with van der Waals surface area (Å²) < 4.78 is 5.37. The molecule has 3 nitrogen and oxygen atoms in total. The first-order valence-electron chi connectivity index (χ1n) is 5.07. The van der Waals surface area contributed by atoms with Crippen LogP contribution in [0.5, 0.6) is 0 Å². The molecule has 0 saturated carbocycles. The zero-order valence-corrected chi connectivity index (χ0v) is 8.58. The maximum atomic E-state index is 11.0. The summed E-state index contributed by atoms with van der Waals surface area (Å²) in [6.45, 7) is 7.14. The number of ether oxygens (including phenoxy) is 1. The molecule has 0 aromatic heterocycles. The van der Waals surface area contributed by atoms with Gasteiger partial charge in [0.05, 0.1) is 0 Å². The molecule has 0 unspecified atom stereocenters. The van der Waals surface area contributed by atoms with Crippen LogP contribution in [0.4, 0.5) is 0 Å². The highest BCUT2D eigenvalue weighted by Gasteiger charge is 2.20. The van der Waals surface area contributed by atoms with Gasteiger partial charge in [0.2, 0.25) is 5.91 Å². The van der Waals surface area contributed by atoms with Gasteiger partial charge in [-0.2, -0.15) is 0 Å². The normalized spacial score (nSPS) is 19.1. The lowest BCUT2D eigenvalue weighted by atomic mass is 9.98. The molecule has 0 bridgehead atoms. The lowest BCUT2D eigenvalue weighted by molar-refractivity contribution is -0.130. The Morgan fingerprint density at radius 2 is 2.08 bits per heavy atom. The molecule has 0 spiro atoms.